The maximum Gasteiger partial charge on any atom is 0.224 e. The molecule has 5 heteroatoms. The van der Waals surface area contributed by atoms with E-state index in [4.69, 9.17) is 0 Å². The first kappa shape index (κ1) is 12.7. The van der Waals surface area contributed by atoms with Crippen LogP contribution in [0.25, 0.3) is 0 Å². The van der Waals surface area contributed by atoms with Crippen molar-refractivity contribution in [2.75, 3.05) is 0 Å². The summed E-state index contributed by atoms with van der Waals surface area (Å²) in [6.07, 6.45) is 2.78. The molecule has 2 fully saturated rings. The number of carbonyl (C=O) groups is 2. The third kappa shape index (κ3) is 2.27. The number of fused-ring (bicyclic) bond motifs is 2. The predicted octanol–water partition coefficient (Wildman–Crippen LogP) is 0.776. The van der Waals surface area contributed by atoms with Crippen LogP contribution in [0.1, 0.15) is 24.1 Å². The first-order chi connectivity index (χ1) is 9.16. The third-order valence-corrected chi connectivity index (χ3v) is 5.38. The smallest absolute Gasteiger partial charge is 0.224 e. The molecule has 1 aromatic heterocycles. The van der Waals surface area contributed by atoms with Gasteiger partial charge in [-0.3, -0.25) is 4.79 Å². The molecule has 0 aromatic carbocycles. The van der Waals surface area contributed by atoms with Crippen LogP contribution in [0.5, 0.6) is 0 Å². The predicted molar refractivity (Wildman–Crippen MR) is 69.0 cm³/mol. The van der Waals surface area contributed by atoms with Gasteiger partial charge in [-0.15, -0.1) is 11.3 Å². The molecule has 1 amide bonds. The van der Waals surface area contributed by atoms with Gasteiger partial charge in [-0.25, -0.2) is 0 Å². The highest BCUT2D eigenvalue weighted by molar-refractivity contribution is 7.09. The van der Waals surface area contributed by atoms with E-state index in [0.717, 1.165) is 24.1 Å². The van der Waals surface area contributed by atoms with Crippen molar-refractivity contribution in [2.45, 2.75) is 25.8 Å². The van der Waals surface area contributed by atoms with Crippen molar-refractivity contribution in [3.8, 4) is 0 Å². The van der Waals surface area contributed by atoms with Crippen LogP contribution < -0.4 is 10.4 Å². The molecule has 0 spiro atoms. The van der Waals surface area contributed by atoms with Crippen LogP contribution in [-0.2, 0) is 16.1 Å². The normalized spacial score (nSPS) is 32.4. The van der Waals surface area contributed by atoms with Gasteiger partial charge < -0.3 is 15.2 Å². The number of hydrogen-bond acceptors (Lipinski definition) is 4. The minimum absolute atomic E-state index is 0.116. The largest absolute Gasteiger partial charge is 0.550 e. The molecule has 2 saturated carbocycles. The fraction of sp³-hybridized carbons (Fsp3) is 0.571. The molecule has 0 radical (unpaired) electrons. The van der Waals surface area contributed by atoms with Crippen LogP contribution >= 0.6 is 11.3 Å². The highest BCUT2D eigenvalue weighted by Gasteiger charge is 2.51. The van der Waals surface area contributed by atoms with E-state index in [1.165, 1.54) is 0 Å². The highest BCUT2D eigenvalue weighted by atomic mass is 32.1. The molecule has 0 aliphatic heterocycles. The van der Waals surface area contributed by atoms with Crippen molar-refractivity contribution in [1.29, 1.82) is 0 Å². The summed E-state index contributed by atoms with van der Waals surface area (Å²) in [6.45, 7) is 0.490. The summed E-state index contributed by atoms with van der Waals surface area (Å²) in [6, 6.07) is 3.90. The molecular formula is C14H16NO3S-. The fourth-order valence-corrected chi connectivity index (χ4v) is 4.36. The highest BCUT2D eigenvalue weighted by Crippen LogP contribution is 2.52. The lowest BCUT2D eigenvalue weighted by atomic mass is 9.79. The SMILES string of the molecule is O=C([O-])[C@H]1[C@H]2CC[C@@H](C2)[C@@H]1C(=O)NCc1cccs1. The molecule has 1 N–H and O–H groups in total. The minimum atomic E-state index is -1.05. The zero-order valence-electron chi connectivity index (χ0n) is 10.5. The number of aliphatic carboxylic acids is 1. The van der Waals surface area contributed by atoms with Crippen LogP contribution in [0.4, 0.5) is 0 Å². The van der Waals surface area contributed by atoms with Crippen LogP contribution in [0, 0.1) is 23.7 Å². The van der Waals surface area contributed by atoms with Gasteiger partial charge in [0.25, 0.3) is 0 Å². The number of rotatable bonds is 4. The summed E-state index contributed by atoms with van der Waals surface area (Å²) in [5.74, 6) is -1.76. The second kappa shape index (κ2) is 4.96. The van der Waals surface area contributed by atoms with Gasteiger partial charge in [-0.1, -0.05) is 6.07 Å². The molecule has 19 heavy (non-hydrogen) atoms. The standard InChI is InChI=1S/C14H17NO3S/c16-13(15-7-10-2-1-5-19-10)11-8-3-4-9(6-8)12(11)14(17)18/h1-2,5,8-9,11-12H,3-4,6-7H2,(H,15,16)(H,17,18)/p-1/t8-,9-,11-,12-/m0/s1. The summed E-state index contributed by atoms with van der Waals surface area (Å²) in [7, 11) is 0. The first-order valence-electron chi connectivity index (χ1n) is 6.67. The number of thiophene rings is 1. The Hall–Kier alpha value is -1.36. The van der Waals surface area contributed by atoms with Crippen LogP contribution in [0.2, 0.25) is 0 Å². The van der Waals surface area contributed by atoms with Crippen molar-refractivity contribution in [2.24, 2.45) is 23.7 Å². The summed E-state index contributed by atoms with van der Waals surface area (Å²) < 4.78 is 0. The van der Waals surface area contributed by atoms with E-state index in [1.807, 2.05) is 17.5 Å². The lowest BCUT2D eigenvalue weighted by Crippen LogP contribution is -2.45. The number of carboxylic acid groups (broad SMARTS) is 1. The number of hydrogen-bond donors (Lipinski definition) is 1. The lowest BCUT2D eigenvalue weighted by molar-refractivity contribution is -0.314. The quantitative estimate of drug-likeness (QED) is 0.884. The van der Waals surface area contributed by atoms with Crippen LogP contribution in [-0.4, -0.2) is 11.9 Å². The van der Waals surface area contributed by atoms with E-state index in [9.17, 15) is 14.7 Å². The second-order valence-corrected chi connectivity index (χ2v) is 6.53. The molecule has 3 rings (SSSR count). The Morgan fingerprint density at radius 3 is 2.68 bits per heavy atom. The van der Waals surface area contributed by atoms with Gasteiger partial charge in [-0.2, -0.15) is 0 Å². The fourth-order valence-electron chi connectivity index (χ4n) is 3.71. The Balaban J connectivity index is 1.66. The zero-order valence-corrected chi connectivity index (χ0v) is 11.3. The average molecular weight is 278 g/mol. The maximum absolute atomic E-state index is 12.2. The molecule has 2 aliphatic carbocycles. The van der Waals surface area contributed by atoms with Gasteiger partial charge in [0.1, 0.15) is 0 Å². The number of nitrogens with one attached hydrogen (secondary N) is 1. The molecular weight excluding hydrogens is 262 g/mol. The van der Waals surface area contributed by atoms with Gasteiger partial charge in [0.2, 0.25) is 5.91 Å². The van der Waals surface area contributed by atoms with Gasteiger partial charge in [0, 0.05) is 22.7 Å². The van der Waals surface area contributed by atoms with Crippen LogP contribution in [0.15, 0.2) is 17.5 Å². The van der Waals surface area contributed by atoms with E-state index in [2.05, 4.69) is 5.32 Å². The third-order valence-electron chi connectivity index (χ3n) is 4.51. The van der Waals surface area contributed by atoms with Gasteiger partial charge >= 0.3 is 0 Å². The molecule has 4 nitrogen and oxygen atoms in total. The van der Waals surface area contributed by atoms with Crippen molar-refractivity contribution in [3.05, 3.63) is 22.4 Å². The van der Waals surface area contributed by atoms with E-state index < -0.39 is 11.9 Å². The Morgan fingerprint density at radius 1 is 1.32 bits per heavy atom. The topological polar surface area (TPSA) is 69.2 Å². The number of carbonyl (C=O) groups excluding carboxylic acids is 2. The summed E-state index contributed by atoms with van der Waals surface area (Å²) in [5, 5.41) is 16.1. The molecule has 0 saturated heterocycles. The average Bonchev–Trinajstić information content (AvgIpc) is 3.10. The van der Waals surface area contributed by atoms with Crippen LogP contribution in [0.3, 0.4) is 0 Å². The molecule has 0 unspecified atom stereocenters. The molecule has 2 aliphatic rings. The van der Waals surface area contributed by atoms with E-state index in [1.54, 1.807) is 11.3 Å². The Morgan fingerprint density at radius 2 is 2.05 bits per heavy atom. The monoisotopic (exact) mass is 278 g/mol. The summed E-state index contributed by atoms with van der Waals surface area (Å²) >= 11 is 1.59. The second-order valence-electron chi connectivity index (χ2n) is 5.50. The Labute approximate surface area is 115 Å². The van der Waals surface area contributed by atoms with Gasteiger partial charge in [0.15, 0.2) is 0 Å². The van der Waals surface area contributed by atoms with Gasteiger partial charge in [-0.05, 0) is 42.5 Å². The van der Waals surface area contributed by atoms with Crippen molar-refractivity contribution < 1.29 is 14.7 Å². The molecule has 4 atom stereocenters. The number of amides is 1. The van der Waals surface area contributed by atoms with E-state index in [0.29, 0.717) is 6.54 Å². The van der Waals surface area contributed by atoms with Crippen molar-refractivity contribution in [3.63, 3.8) is 0 Å². The first-order valence-corrected chi connectivity index (χ1v) is 7.55. The van der Waals surface area contributed by atoms with Crippen molar-refractivity contribution in [1.82, 2.24) is 5.32 Å². The minimum Gasteiger partial charge on any atom is -0.550 e. The van der Waals surface area contributed by atoms with Gasteiger partial charge in [0.05, 0.1) is 6.54 Å². The van der Waals surface area contributed by atoms with Crippen molar-refractivity contribution >= 4 is 23.2 Å². The molecule has 1 aromatic rings. The maximum atomic E-state index is 12.2. The molecule has 1 heterocycles. The number of carboxylic acids is 1. The van der Waals surface area contributed by atoms with E-state index >= 15 is 0 Å². The Kier molecular flexibility index (Phi) is 3.31. The lowest BCUT2D eigenvalue weighted by Gasteiger charge is -2.30. The summed E-state index contributed by atoms with van der Waals surface area (Å²) in [5.41, 5.74) is 0. The molecule has 2 bridgehead atoms. The zero-order chi connectivity index (χ0) is 13.4. The summed E-state index contributed by atoms with van der Waals surface area (Å²) in [4.78, 5) is 24.6. The van der Waals surface area contributed by atoms with E-state index in [-0.39, 0.29) is 23.7 Å². The Bertz CT molecular complexity index is 485. The molecule has 102 valence electrons.